The second kappa shape index (κ2) is 6.92. The van der Waals surface area contributed by atoms with Gasteiger partial charge in [-0.05, 0) is 36.8 Å². The van der Waals surface area contributed by atoms with Crippen LogP contribution in [0.1, 0.15) is 37.8 Å². The van der Waals surface area contributed by atoms with E-state index in [1.54, 1.807) is 0 Å². The monoisotopic (exact) mass is 322 g/mol. The van der Waals surface area contributed by atoms with Crippen molar-refractivity contribution in [3.8, 4) is 17.8 Å². The summed E-state index contributed by atoms with van der Waals surface area (Å²) in [6.45, 7) is 5.07. The first kappa shape index (κ1) is 16.3. The molecule has 0 bridgehead atoms. The van der Waals surface area contributed by atoms with Crippen LogP contribution in [0.4, 0.5) is 0 Å². The van der Waals surface area contributed by atoms with E-state index in [1.165, 1.54) is 0 Å². The molecule has 0 unspecified atom stereocenters. The molecule has 1 aromatic carbocycles. The van der Waals surface area contributed by atoms with Crippen molar-refractivity contribution in [2.24, 2.45) is 5.92 Å². The molecule has 1 aliphatic carbocycles. The quantitative estimate of drug-likeness (QED) is 0.798. The van der Waals surface area contributed by atoms with Gasteiger partial charge in [0.1, 0.15) is 6.61 Å². The Hall–Kier alpha value is -2.54. The van der Waals surface area contributed by atoms with Crippen molar-refractivity contribution in [3.63, 3.8) is 0 Å². The van der Waals surface area contributed by atoms with Crippen LogP contribution in [0.15, 0.2) is 42.5 Å². The Kier molecular flexibility index (Phi) is 4.71. The number of benzene rings is 1. The molecule has 0 saturated heterocycles. The summed E-state index contributed by atoms with van der Waals surface area (Å²) in [5.74, 6) is 1.60. The van der Waals surface area contributed by atoms with Gasteiger partial charge in [0.05, 0.1) is 18.1 Å². The van der Waals surface area contributed by atoms with Crippen LogP contribution in [-0.4, -0.2) is 11.6 Å². The van der Waals surface area contributed by atoms with Crippen LogP contribution in [0.25, 0.3) is 0 Å². The van der Waals surface area contributed by atoms with Crippen molar-refractivity contribution < 1.29 is 9.47 Å². The second-order valence-electron chi connectivity index (χ2n) is 6.45. The number of aromatic nitrogens is 1. The van der Waals surface area contributed by atoms with Crippen molar-refractivity contribution in [1.29, 1.82) is 5.26 Å². The molecule has 1 aliphatic rings. The molecule has 1 aromatic heterocycles. The van der Waals surface area contributed by atoms with E-state index >= 15 is 0 Å². The van der Waals surface area contributed by atoms with Crippen LogP contribution < -0.4 is 9.47 Å². The lowest BCUT2D eigenvalue weighted by Crippen LogP contribution is -2.38. The van der Waals surface area contributed by atoms with E-state index in [2.05, 4.69) is 18.0 Å². The number of rotatable bonds is 6. The van der Waals surface area contributed by atoms with Crippen LogP contribution >= 0.6 is 0 Å². The molecule has 0 radical (unpaired) electrons. The summed E-state index contributed by atoms with van der Waals surface area (Å²) in [6, 6.07) is 16.2. The minimum atomic E-state index is -0.431. The zero-order valence-corrected chi connectivity index (χ0v) is 14.2. The maximum atomic E-state index is 9.68. The first-order valence-electron chi connectivity index (χ1n) is 8.38. The second-order valence-corrected chi connectivity index (χ2v) is 6.45. The fourth-order valence-electron chi connectivity index (χ4n) is 3.31. The lowest BCUT2D eigenvalue weighted by atomic mass is 9.60. The molecule has 4 heteroatoms. The highest BCUT2D eigenvalue weighted by atomic mass is 16.5. The molecule has 1 fully saturated rings. The van der Waals surface area contributed by atoms with Gasteiger partial charge in [0.25, 0.3) is 0 Å². The van der Waals surface area contributed by atoms with Crippen LogP contribution in [0.3, 0.4) is 0 Å². The molecule has 3 rings (SSSR count). The van der Waals surface area contributed by atoms with E-state index in [0.29, 0.717) is 30.9 Å². The largest absolute Gasteiger partial charge is 0.478 e. The average Bonchev–Trinajstić information content (AvgIpc) is 2.58. The van der Waals surface area contributed by atoms with Crippen molar-refractivity contribution >= 4 is 0 Å². The maximum absolute atomic E-state index is 9.68. The molecule has 1 heterocycles. The molecule has 0 N–H and O–H groups in total. The minimum absolute atomic E-state index is 0.431. The van der Waals surface area contributed by atoms with Gasteiger partial charge in [0.2, 0.25) is 11.8 Å². The Bertz CT molecular complexity index is 731. The summed E-state index contributed by atoms with van der Waals surface area (Å²) in [6.07, 6.45) is 1.74. The Morgan fingerprint density at radius 1 is 1.17 bits per heavy atom. The fraction of sp³-hybridized carbons (Fsp3) is 0.400. The number of ether oxygens (including phenoxy) is 2. The third-order valence-electron chi connectivity index (χ3n) is 4.46. The molecule has 1 saturated carbocycles. The lowest BCUT2D eigenvalue weighted by molar-refractivity contribution is 0.213. The summed E-state index contributed by atoms with van der Waals surface area (Å²) in [7, 11) is 0. The Morgan fingerprint density at radius 2 is 1.83 bits per heavy atom. The van der Waals surface area contributed by atoms with Crippen LogP contribution in [-0.2, 0) is 12.0 Å². The molecule has 2 aromatic rings. The van der Waals surface area contributed by atoms with Crippen molar-refractivity contribution in [1.82, 2.24) is 4.98 Å². The van der Waals surface area contributed by atoms with Crippen LogP contribution in [0.2, 0.25) is 0 Å². The normalized spacial score (nSPS) is 22.3. The van der Waals surface area contributed by atoms with Gasteiger partial charge in [0, 0.05) is 12.1 Å². The Labute approximate surface area is 143 Å². The predicted molar refractivity (Wildman–Crippen MR) is 91.9 cm³/mol. The van der Waals surface area contributed by atoms with Gasteiger partial charge in [0.15, 0.2) is 0 Å². The van der Waals surface area contributed by atoms with E-state index in [-0.39, 0.29) is 0 Å². The molecule has 0 atom stereocenters. The first-order valence-corrected chi connectivity index (χ1v) is 8.38. The summed E-state index contributed by atoms with van der Waals surface area (Å²) in [5, 5.41) is 9.68. The third kappa shape index (κ3) is 3.35. The summed E-state index contributed by atoms with van der Waals surface area (Å²) in [4.78, 5) is 4.41. The molecule has 0 spiro atoms. The smallest absolute Gasteiger partial charge is 0.217 e. The van der Waals surface area contributed by atoms with Crippen molar-refractivity contribution in [2.75, 3.05) is 6.61 Å². The SMILES string of the molecule is CCOc1cc(C2(C#N)CC(C)C2)cc(OCc2ccccc2)n1. The van der Waals surface area contributed by atoms with E-state index in [4.69, 9.17) is 9.47 Å². The number of nitriles is 1. The third-order valence-corrected chi connectivity index (χ3v) is 4.46. The zero-order valence-electron chi connectivity index (χ0n) is 14.2. The van der Waals surface area contributed by atoms with Gasteiger partial charge in [-0.25, -0.2) is 0 Å². The van der Waals surface area contributed by atoms with E-state index in [1.807, 2.05) is 49.4 Å². The highest BCUT2D eigenvalue weighted by Crippen LogP contribution is 2.48. The Morgan fingerprint density at radius 3 is 2.42 bits per heavy atom. The van der Waals surface area contributed by atoms with E-state index in [9.17, 15) is 5.26 Å². The lowest BCUT2D eigenvalue weighted by Gasteiger charge is -2.41. The maximum Gasteiger partial charge on any atom is 0.217 e. The molecule has 4 nitrogen and oxygen atoms in total. The number of hydrogen-bond acceptors (Lipinski definition) is 4. The van der Waals surface area contributed by atoms with Crippen molar-refractivity contribution in [3.05, 3.63) is 53.6 Å². The van der Waals surface area contributed by atoms with Gasteiger partial charge >= 0.3 is 0 Å². The van der Waals surface area contributed by atoms with Crippen LogP contribution in [0.5, 0.6) is 11.8 Å². The molecular weight excluding hydrogens is 300 g/mol. The zero-order chi connectivity index (χ0) is 17.0. The van der Waals surface area contributed by atoms with Gasteiger partial charge < -0.3 is 9.47 Å². The molecule has 124 valence electrons. The minimum Gasteiger partial charge on any atom is -0.478 e. The highest BCUT2D eigenvalue weighted by Gasteiger charge is 2.44. The van der Waals surface area contributed by atoms with Gasteiger partial charge in [-0.3, -0.25) is 0 Å². The van der Waals surface area contributed by atoms with Gasteiger partial charge in [-0.15, -0.1) is 0 Å². The highest BCUT2D eigenvalue weighted by molar-refractivity contribution is 5.41. The molecule has 0 aliphatic heterocycles. The number of pyridine rings is 1. The van der Waals surface area contributed by atoms with E-state index in [0.717, 1.165) is 24.0 Å². The van der Waals surface area contributed by atoms with Crippen LogP contribution in [0, 0.1) is 17.2 Å². The van der Waals surface area contributed by atoms with Crippen molar-refractivity contribution in [2.45, 2.75) is 38.7 Å². The first-order chi connectivity index (χ1) is 11.6. The average molecular weight is 322 g/mol. The summed E-state index contributed by atoms with van der Waals surface area (Å²) >= 11 is 0. The molecule has 0 amide bonds. The number of hydrogen-bond donors (Lipinski definition) is 0. The topological polar surface area (TPSA) is 55.1 Å². The standard InChI is InChI=1S/C20H22N2O2/c1-3-23-18-9-17(20(14-21)11-15(2)12-20)10-19(22-18)24-13-16-7-5-4-6-8-16/h4-10,15H,3,11-13H2,1-2H3. The Balaban J connectivity index is 1.85. The summed E-state index contributed by atoms with van der Waals surface area (Å²) in [5.41, 5.74) is 1.60. The number of nitrogens with zero attached hydrogens (tertiary/aromatic N) is 2. The molecule has 24 heavy (non-hydrogen) atoms. The summed E-state index contributed by atoms with van der Waals surface area (Å²) < 4.78 is 11.4. The predicted octanol–water partition coefficient (Wildman–Crippen LogP) is 4.25. The fourth-order valence-corrected chi connectivity index (χ4v) is 3.31. The van der Waals surface area contributed by atoms with E-state index < -0.39 is 5.41 Å². The van der Waals surface area contributed by atoms with Gasteiger partial charge in [-0.2, -0.15) is 10.2 Å². The molecular formula is C20H22N2O2. The van der Waals surface area contributed by atoms with Gasteiger partial charge in [-0.1, -0.05) is 37.3 Å².